The van der Waals surface area contributed by atoms with Crippen molar-refractivity contribution in [2.24, 2.45) is 17.8 Å². The molecule has 4 aliphatic carbocycles. The smallest absolute Gasteiger partial charge is 0.279 e. The van der Waals surface area contributed by atoms with Crippen LogP contribution in [0.2, 0.25) is 0 Å². The van der Waals surface area contributed by atoms with Gasteiger partial charge in [-0.1, -0.05) is 18.7 Å². The molecular weight excluding hydrogens is 218 g/mol. The highest BCUT2D eigenvalue weighted by molar-refractivity contribution is 8.13. The Morgan fingerprint density at radius 1 is 1.19 bits per heavy atom. The molecule has 16 heavy (non-hydrogen) atoms. The first kappa shape index (κ1) is 10.9. The van der Waals surface area contributed by atoms with E-state index in [1.54, 1.807) is 0 Å². The standard InChI is InChI=1S/C13H21NOS/c1-2-16-12(15)14-13-6-9-3-10(7-13)5-11(4-9)8-13/h9-11H,2-8H2,1H3,(H,14,15). The zero-order chi connectivity index (χ0) is 11.2. The molecule has 0 saturated heterocycles. The van der Waals surface area contributed by atoms with Crippen LogP contribution in [0.15, 0.2) is 0 Å². The number of carbonyl (C=O) groups excluding carboxylic acids is 1. The number of hydrogen-bond donors (Lipinski definition) is 1. The van der Waals surface area contributed by atoms with E-state index in [0.717, 1.165) is 23.5 Å². The van der Waals surface area contributed by atoms with Gasteiger partial charge < -0.3 is 5.32 Å². The molecule has 4 bridgehead atoms. The Labute approximate surface area is 102 Å². The van der Waals surface area contributed by atoms with Crippen molar-refractivity contribution in [1.29, 1.82) is 0 Å². The van der Waals surface area contributed by atoms with Crippen molar-refractivity contribution in [3.05, 3.63) is 0 Å². The minimum atomic E-state index is 0.202. The highest BCUT2D eigenvalue weighted by Crippen LogP contribution is 2.55. The number of rotatable bonds is 2. The molecule has 1 N–H and O–H groups in total. The van der Waals surface area contributed by atoms with E-state index in [2.05, 4.69) is 5.32 Å². The Morgan fingerprint density at radius 2 is 1.69 bits per heavy atom. The van der Waals surface area contributed by atoms with Crippen LogP contribution in [0.5, 0.6) is 0 Å². The van der Waals surface area contributed by atoms with Gasteiger partial charge >= 0.3 is 0 Å². The van der Waals surface area contributed by atoms with E-state index in [1.807, 2.05) is 6.92 Å². The van der Waals surface area contributed by atoms with Crippen LogP contribution >= 0.6 is 11.8 Å². The maximum absolute atomic E-state index is 11.8. The second-order valence-corrected chi connectivity index (χ2v) is 7.28. The summed E-state index contributed by atoms with van der Waals surface area (Å²) in [5, 5.41) is 3.56. The molecule has 0 aromatic heterocycles. The summed E-state index contributed by atoms with van der Waals surface area (Å²) in [6, 6.07) is 0. The molecular formula is C13H21NOS. The van der Waals surface area contributed by atoms with E-state index in [0.29, 0.717) is 0 Å². The molecule has 0 radical (unpaired) electrons. The molecule has 0 unspecified atom stereocenters. The van der Waals surface area contributed by atoms with E-state index in [9.17, 15) is 4.79 Å². The van der Waals surface area contributed by atoms with Gasteiger partial charge in [0, 0.05) is 5.54 Å². The number of hydrogen-bond acceptors (Lipinski definition) is 2. The Morgan fingerprint density at radius 3 is 2.12 bits per heavy atom. The first-order chi connectivity index (χ1) is 7.69. The van der Waals surface area contributed by atoms with Crippen LogP contribution in [-0.2, 0) is 0 Å². The first-order valence-electron chi connectivity index (χ1n) is 6.64. The van der Waals surface area contributed by atoms with Gasteiger partial charge in [-0.3, -0.25) is 4.79 Å². The van der Waals surface area contributed by atoms with E-state index in [1.165, 1.54) is 50.3 Å². The summed E-state index contributed by atoms with van der Waals surface area (Å²) in [4.78, 5) is 11.8. The van der Waals surface area contributed by atoms with Crippen molar-refractivity contribution in [3.8, 4) is 0 Å². The summed E-state index contributed by atoms with van der Waals surface area (Å²) >= 11 is 1.43. The number of thioether (sulfide) groups is 1. The van der Waals surface area contributed by atoms with Crippen molar-refractivity contribution in [1.82, 2.24) is 5.32 Å². The molecule has 3 heteroatoms. The molecule has 0 aliphatic heterocycles. The molecule has 0 heterocycles. The monoisotopic (exact) mass is 239 g/mol. The van der Waals surface area contributed by atoms with Gasteiger partial charge in [0.1, 0.15) is 0 Å². The van der Waals surface area contributed by atoms with Gasteiger partial charge in [0.15, 0.2) is 0 Å². The van der Waals surface area contributed by atoms with Crippen LogP contribution in [-0.4, -0.2) is 16.5 Å². The average Bonchev–Trinajstić information content (AvgIpc) is 2.13. The predicted molar refractivity (Wildman–Crippen MR) is 67.6 cm³/mol. The lowest BCUT2D eigenvalue weighted by molar-refractivity contribution is -0.0119. The maximum Gasteiger partial charge on any atom is 0.279 e. The Hall–Kier alpha value is -0.180. The van der Waals surface area contributed by atoms with Crippen LogP contribution in [0.1, 0.15) is 45.4 Å². The van der Waals surface area contributed by atoms with Crippen molar-refractivity contribution in [2.45, 2.75) is 51.0 Å². The van der Waals surface area contributed by atoms with Gasteiger partial charge in [-0.25, -0.2) is 0 Å². The summed E-state index contributed by atoms with van der Waals surface area (Å²) in [5.74, 6) is 3.63. The maximum atomic E-state index is 11.8. The fraction of sp³-hybridized carbons (Fsp3) is 0.923. The van der Waals surface area contributed by atoms with Gasteiger partial charge in [-0.2, -0.15) is 0 Å². The number of amides is 1. The fourth-order valence-electron chi connectivity index (χ4n) is 4.65. The van der Waals surface area contributed by atoms with Crippen LogP contribution in [0.4, 0.5) is 4.79 Å². The van der Waals surface area contributed by atoms with Crippen molar-refractivity contribution < 1.29 is 4.79 Å². The summed E-state index contributed by atoms with van der Waals surface area (Å²) in [6.07, 6.45) is 8.10. The normalized spacial score (nSPS) is 44.7. The molecule has 4 saturated carbocycles. The van der Waals surface area contributed by atoms with E-state index >= 15 is 0 Å². The van der Waals surface area contributed by atoms with Gasteiger partial charge in [0.2, 0.25) is 0 Å². The molecule has 2 nitrogen and oxygen atoms in total. The third-order valence-corrected chi connectivity index (χ3v) is 5.33. The van der Waals surface area contributed by atoms with E-state index in [4.69, 9.17) is 0 Å². The molecule has 0 spiro atoms. The van der Waals surface area contributed by atoms with Crippen LogP contribution in [0.25, 0.3) is 0 Å². The Kier molecular flexibility index (Phi) is 2.69. The molecule has 4 fully saturated rings. The summed E-state index contributed by atoms with van der Waals surface area (Å²) in [6.45, 7) is 2.05. The lowest BCUT2D eigenvalue weighted by atomic mass is 9.53. The highest BCUT2D eigenvalue weighted by atomic mass is 32.2. The lowest BCUT2D eigenvalue weighted by Crippen LogP contribution is -2.59. The van der Waals surface area contributed by atoms with Crippen LogP contribution in [0, 0.1) is 17.8 Å². The fourth-order valence-corrected chi connectivity index (χ4v) is 5.20. The third-order valence-electron chi connectivity index (χ3n) is 4.68. The molecule has 0 atom stereocenters. The predicted octanol–water partition coefficient (Wildman–Crippen LogP) is 3.42. The van der Waals surface area contributed by atoms with Gasteiger partial charge in [-0.05, 0) is 62.0 Å². The topological polar surface area (TPSA) is 29.1 Å². The largest absolute Gasteiger partial charge is 0.342 e. The van der Waals surface area contributed by atoms with Crippen molar-refractivity contribution in [3.63, 3.8) is 0 Å². The summed E-state index contributed by atoms with van der Waals surface area (Å²) < 4.78 is 0. The zero-order valence-corrected chi connectivity index (χ0v) is 10.8. The van der Waals surface area contributed by atoms with E-state index < -0.39 is 0 Å². The van der Waals surface area contributed by atoms with Gasteiger partial charge in [0.05, 0.1) is 0 Å². The summed E-state index contributed by atoms with van der Waals surface area (Å²) in [7, 11) is 0. The Balaban J connectivity index is 1.71. The quantitative estimate of drug-likeness (QED) is 0.800. The molecule has 1 amide bonds. The SMILES string of the molecule is CCSC(=O)NC12CC3CC(CC(C3)C1)C2. The molecule has 4 aliphatic rings. The van der Waals surface area contributed by atoms with Crippen LogP contribution in [0.3, 0.4) is 0 Å². The van der Waals surface area contributed by atoms with Crippen molar-refractivity contribution in [2.75, 3.05) is 5.75 Å². The summed E-state index contributed by atoms with van der Waals surface area (Å²) in [5.41, 5.74) is 0.202. The van der Waals surface area contributed by atoms with Gasteiger partial charge in [-0.15, -0.1) is 0 Å². The second kappa shape index (κ2) is 3.94. The molecule has 0 aromatic carbocycles. The zero-order valence-electron chi connectivity index (χ0n) is 10.00. The average molecular weight is 239 g/mol. The molecule has 90 valence electrons. The van der Waals surface area contributed by atoms with Gasteiger partial charge in [0.25, 0.3) is 5.24 Å². The third kappa shape index (κ3) is 1.87. The minimum absolute atomic E-state index is 0.202. The second-order valence-electron chi connectivity index (χ2n) is 6.04. The number of nitrogens with one attached hydrogen (secondary N) is 1. The van der Waals surface area contributed by atoms with Crippen molar-refractivity contribution >= 4 is 17.0 Å². The minimum Gasteiger partial charge on any atom is -0.342 e. The Bertz CT molecular complexity index is 267. The molecule has 0 aromatic rings. The molecule has 4 rings (SSSR count). The lowest BCUT2D eigenvalue weighted by Gasteiger charge is -2.56. The van der Waals surface area contributed by atoms with Crippen LogP contribution < -0.4 is 5.32 Å². The highest BCUT2D eigenvalue weighted by Gasteiger charge is 2.51. The van der Waals surface area contributed by atoms with E-state index in [-0.39, 0.29) is 10.8 Å². The first-order valence-corrected chi connectivity index (χ1v) is 7.62. The number of carbonyl (C=O) groups is 1.